The van der Waals surface area contributed by atoms with E-state index in [0.717, 1.165) is 12.4 Å². The minimum Gasteiger partial charge on any atom is -0.382 e. The number of carbonyl (C=O) groups excluding carboxylic acids is 1. The van der Waals surface area contributed by atoms with Crippen LogP contribution in [0.5, 0.6) is 0 Å². The molecule has 3 aromatic rings. The van der Waals surface area contributed by atoms with Crippen LogP contribution in [0.25, 0.3) is 11.2 Å². The van der Waals surface area contributed by atoms with E-state index in [-0.39, 0.29) is 54.3 Å². The number of carbonyl (C=O) groups is 1. The largest absolute Gasteiger partial charge is 0.419 e. The fourth-order valence-electron chi connectivity index (χ4n) is 4.30. The highest BCUT2D eigenvalue weighted by atomic mass is 19.4. The maximum Gasteiger partial charge on any atom is 0.419 e. The Bertz CT molecular complexity index is 1400. The SMILES string of the molecule is CC(C)(C#N)CNC(=O)[C@@]1(N)CCN(c2ccc(F)c(C(F)(F)F)c2Cn2cnc3c(N)ncnc32)C1. The topological polar surface area (TPSA) is 152 Å². The van der Waals surface area contributed by atoms with Gasteiger partial charge in [0.25, 0.3) is 0 Å². The first-order valence-electron chi connectivity index (χ1n) is 11.3. The second-order valence-electron chi connectivity index (χ2n) is 9.73. The number of nitrogens with one attached hydrogen (secondary N) is 1. The van der Waals surface area contributed by atoms with E-state index in [2.05, 4.69) is 26.3 Å². The Balaban J connectivity index is 1.71. The van der Waals surface area contributed by atoms with Crippen LogP contribution >= 0.6 is 0 Å². The van der Waals surface area contributed by atoms with Crippen molar-refractivity contribution in [2.75, 3.05) is 30.3 Å². The fraction of sp³-hybridized carbons (Fsp3) is 0.435. The van der Waals surface area contributed by atoms with Crippen molar-refractivity contribution in [1.82, 2.24) is 24.8 Å². The molecule has 1 fully saturated rings. The Morgan fingerprint density at radius 1 is 1.27 bits per heavy atom. The molecular weight excluding hydrogens is 494 g/mol. The fourth-order valence-corrected chi connectivity index (χ4v) is 4.30. The molecule has 1 amide bonds. The number of hydrogen-bond donors (Lipinski definition) is 3. The van der Waals surface area contributed by atoms with Gasteiger partial charge in [0.2, 0.25) is 5.91 Å². The predicted molar refractivity (Wildman–Crippen MR) is 126 cm³/mol. The highest BCUT2D eigenvalue weighted by molar-refractivity contribution is 5.88. The van der Waals surface area contributed by atoms with Crippen LogP contribution in [0.4, 0.5) is 29.1 Å². The van der Waals surface area contributed by atoms with Crippen molar-refractivity contribution in [2.24, 2.45) is 11.1 Å². The summed E-state index contributed by atoms with van der Waals surface area (Å²) in [6.07, 6.45) is -2.45. The van der Waals surface area contributed by atoms with Crippen LogP contribution in [-0.2, 0) is 17.5 Å². The van der Waals surface area contributed by atoms with Gasteiger partial charge in [-0.05, 0) is 32.4 Å². The molecule has 1 aromatic carbocycles. The lowest BCUT2D eigenvalue weighted by Crippen LogP contribution is -2.56. The maximum absolute atomic E-state index is 14.6. The molecule has 0 saturated carbocycles. The lowest BCUT2D eigenvalue weighted by molar-refractivity contribution is -0.140. The van der Waals surface area contributed by atoms with Crippen LogP contribution in [0.3, 0.4) is 0 Å². The van der Waals surface area contributed by atoms with E-state index in [9.17, 15) is 27.6 Å². The number of anilines is 2. The Kier molecular flexibility index (Phi) is 6.45. The second-order valence-corrected chi connectivity index (χ2v) is 9.73. The summed E-state index contributed by atoms with van der Waals surface area (Å²) in [6.45, 7) is 2.98. The summed E-state index contributed by atoms with van der Waals surface area (Å²) in [7, 11) is 0. The molecule has 2 aromatic heterocycles. The number of fused-ring (bicyclic) bond motifs is 1. The van der Waals surface area contributed by atoms with E-state index in [0.29, 0.717) is 0 Å². The summed E-state index contributed by atoms with van der Waals surface area (Å²) in [5, 5.41) is 11.8. The lowest BCUT2D eigenvalue weighted by atomic mass is 9.94. The van der Waals surface area contributed by atoms with Gasteiger partial charge in [0.05, 0.1) is 29.9 Å². The normalized spacial score (nSPS) is 18.3. The van der Waals surface area contributed by atoms with E-state index >= 15 is 0 Å². The number of aromatic nitrogens is 4. The number of benzene rings is 1. The molecule has 37 heavy (non-hydrogen) atoms. The standard InChI is InChI=1S/C23H25F4N9O/c1-21(2,8-28)9-31-20(37)22(30)5-6-35(10-22)15-4-3-14(24)16(23(25,26)27)13(15)7-36-12-34-17-18(29)32-11-33-19(17)36/h3-4,11-12H,5-7,9-10,30H2,1-2H3,(H,31,37)(H2,29,32,33)/t22-/m1/s1. The number of nitrogens with two attached hydrogens (primary N) is 2. The first-order valence-corrected chi connectivity index (χ1v) is 11.3. The number of imidazole rings is 1. The number of hydrogen-bond acceptors (Lipinski definition) is 8. The monoisotopic (exact) mass is 519 g/mol. The van der Waals surface area contributed by atoms with E-state index in [1.165, 1.54) is 21.9 Å². The summed E-state index contributed by atoms with van der Waals surface area (Å²) in [5.41, 5.74) is 8.58. The third kappa shape index (κ3) is 4.99. The Hall–Kier alpha value is -3.99. The van der Waals surface area contributed by atoms with Gasteiger partial charge in [-0.3, -0.25) is 4.79 Å². The molecule has 10 nitrogen and oxygen atoms in total. The van der Waals surface area contributed by atoms with E-state index in [1.807, 2.05) is 0 Å². The quantitative estimate of drug-likeness (QED) is 0.419. The van der Waals surface area contributed by atoms with Crippen molar-refractivity contribution >= 4 is 28.6 Å². The number of nitrogens with zero attached hydrogens (tertiary/aromatic N) is 6. The Labute approximate surface area is 209 Å². The number of rotatable bonds is 6. The zero-order valence-electron chi connectivity index (χ0n) is 20.1. The van der Waals surface area contributed by atoms with Gasteiger partial charge in [-0.25, -0.2) is 19.3 Å². The first kappa shape index (κ1) is 26.1. The van der Waals surface area contributed by atoms with Crippen LogP contribution in [0, 0.1) is 22.6 Å². The van der Waals surface area contributed by atoms with Gasteiger partial charge in [-0.1, -0.05) is 0 Å². The highest BCUT2D eigenvalue weighted by Crippen LogP contribution is 2.40. The molecule has 5 N–H and O–H groups in total. The Morgan fingerprint density at radius 2 is 2.00 bits per heavy atom. The summed E-state index contributed by atoms with van der Waals surface area (Å²) in [5.74, 6) is -1.90. The second kappa shape index (κ2) is 9.15. The molecule has 196 valence electrons. The molecule has 0 bridgehead atoms. The molecular formula is C23H25F4N9O. The number of nitriles is 1. The van der Waals surface area contributed by atoms with Gasteiger partial charge in [0.15, 0.2) is 11.5 Å². The molecule has 1 aliphatic rings. The smallest absolute Gasteiger partial charge is 0.382 e. The zero-order chi connectivity index (χ0) is 27.2. The lowest BCUT2D eigenvalue weighted by Gasteiger charge is -2.28. The minimum atomic E-state index is -5.00. The molecule has 1 saturated heterocycles. The van der Waals surface area contributed by atoms with Crippen molar-refractivity contribution in [2.45, 2.75) is 38.5 Å². The first-order chi connectivity index (χ1) is 17.3. The van der Waals surface area contributed by atoms with Gasteiger partial charge in [0.1, 0.15) is 23.2 Å². The van der Waals surface area contributed by atoms with Crippen LogP contribution < -0.4 is 21.7 Å². The van der Waals surface area contributed by atoms with E-state index in [1.54, 1.807) is 13.8 Å². The molecule has 0 aliphatic carbocycles. The molecule has 14 heteroatoms. The van der Waals surface area contributed by atoms with Crippen LogP contribution in [0.2, 0.25) is 0 Å². The summed E-state index contributed by atoms with van der Waals surface area (Å²) in [4.78, 5) is 26.3. The Morgan fingerprint density at radius 3 is 2.68 bits per heavy atom. The van der Waals surface area contributed by atoms with Gasteiger partial charge < -0.3 is 26.3 Å². The van der Waals surface area contributed by atoms with Gasteiger partial charge in [0, 0.05) is 30.9 Å². The molecule has 0 radical (unpaired) electrons. The average molecular weight is 520 g/mol. The highest BCUT2D eigenvalue weighted by Gasteiger charge is 2.44. The van der Waals surface area contributed by atoms with E-state index in [4.69, 9.17) is 11.5 Å². The number of amides is 1. The van der Waals surface area contributed by atoms with E-state index < -0.39 is 41.0 Å². The van der Waals surface area contributed by atoms with Crippen molar-refractivity contribution < 1.29 is 22.4 Å². The number of halogens is 4. The number of alkyl halides is 3. The predicted octanol–water partition coefficient (Wildman–Crippen LogP) is 2.19. The molecule has 0 spiro atoms. The maximum atomic E-state index is 14.6. The zero-order valence-corrected chi connectivity index (χ0v) is 20.1. The number of nitrogen functional groups attached to an aromatic ring is 1. The summed E-state index contributed by atoms with van der Waals surface area (Å²) in [6, 6.07) is 4.06. The molecule has 4 rings (SSSR count). The van der Waals surface area contributed by atoms with Crippen molar-refractivity contribution in [3.8, 4) is 6.07 Å². The molecule has 0 unspecified atom stereocenters. The van der Waals surface area contributed by atoms with Crippen LogP contribution in [0.15, 0.2) is 24.8 Å². The van der Waals surface area contributed by atoms with Crippen LogP contribution in [-0.4, -0.2) is 50.6 Å². The molecule has 1 aliphatic heterocycles. The van der Waals surface area contributed by atoms with Crippen molar-refractivity contribution in [1.29, 1.82) is 5.26 Å². The third-order valence-electron chi connectivity index (χ3n) is 6.37. The summed E-state index contributed by atoms with van der Waals surface area (Å²) < 4.78 is 58.1. The van der Waals surface area contributed by atoms with Crippen LogP contribution in [0.1, 0.15) is 31.4 Å². The third-order valence-corrected chi connectivity index (χ3v) is 6.37. The minimum absolute atomic E-state index is 0.0531. The summed E-state index contributed by atoms with van der Waals surface area (Å²) >= 11 is 0. The molecule has 3 heterocycles. The average Bonchev–Trinajstić information content (AvgIpc) is 3.42. The van der Waals surface area contributed by atoms with Crippen molar-refractivity contribution in [3.05, 3.63) is 41.7 Å². The van der Waals surface area contributed by atoms with Gasteiger partial charge in [-0.15, -0.1) is 0 Å². The van der Waals surface area contributed by atoms with Gasteiger partial charge >= 0.3 is 6.18 Å². The molecule has 1 atom stereocenters. The van der Waals surface area contributed by atoms with Gasteiger partial charge in [-0.2, -0.15) is 18.4 Å². The van der Waals surface area contributed by atoms with Crippen molar-refractivity contribution in [3.63, 3.8) is 0 Å².